The van der Waals surface area contributed by atoms with Crippen LogP contribution in [0.1, 0.15) is 27.6 Å². The van der Waals surface area contributed by atoms with E-state index in [0.717, 1.165) is 22.4 Å². The summed E-state index contributed by atoms with van der Waals surface area (Å²) in [7, 11) is 1.59. The van der Waals surface area contributed by atoms with Gasteiger partial charge in [-0.25, -0.2) is 4.39 Å². The van der Waals surface area contributed by atoms with Crippen molar-refractivity contribution < 1.29 is 18.7 Å². The summed E-state index contributed by atoms with van der Waals surface area (Å²) in [5, 5.41) is 9.94. The lowest BCUT2D eigenvalue weighted by Crippen LogP contribution is -2.12. The molecule has 1 atom stereocenters. The zero-order chi connectivity index (χ0) is 20.4. The minimum Gasteiger partial charge on any atom is -0.493 e. The highest BCUT2D eigenvalue weighted by atomic mass is 32.2. The Labute approximate surface area is 171 Å². The molecule has 1 amide bonds. The summed E-state index contributed by atoms with van der Waals surface area (Å²) in [6, 6.07) is 11.9. The Bertz CT molecular complexity index is 1040. The first-order valence-corrected chi connectivity index (χ1v) is 10.1. The van der Waals surface area contributed by atoms with E-state index in [4.69, 9.17) is 9.47 Å². The number of nitrogens with zero attached hydrogens (tertiary/aromatic N) is 1. The number of hydrogen-bond acceptors (Lipinski definition) is 5. The van der Waals surface area contributed by atoms with Crippen LogP contribution in [0, 0.1) is 12.7 Å². The van der Waals surface area contributed by atoms with Crippen LogP contribution in [0.15, 0.2) is 42.5 Å². The normalized spacial score (nSPS) is 16.0. The van der Waals surface area contributed by atoms with Gasteiger partial charge in [-0.2, -0.15) is 5.10 Å². The molecular weight excluding hydrogens is 393 g/mol. The molecule has 1 aliphatic heterocycles. The van der Waals surface area contributed by atoms with Crippen molar-refractivity contribution in [1.82, 2.24) is 10.2 Å². The largest absolute Gasteiger partial charge is 0.493 e. The first-order valence-electron chi connectivity index (χ1n) is 9.06. The quantitative estimate of drug-likeness (QED) is 0.655. The van der Waals surface area contributed by atoms with E-state index in [-0.39, 0.29) is 17.0 Å². The van der Waals surface area contributed by atoms with Gasteiger partial charge in [-0.15, -0.1) is 11.8 Å². The third-order valence-electron chi connectivity index (χ3n) is 4.69. The molecule has 6 nitrogen and oxygen atoms in total. The van der Waals surface area contributed by atoms with Gasteiger partial charge in [0.1, 0.15) is 12.4 Å². The predicted octanol–water partition coefficient (Wildman–Crippen LogP) is 4.22. The second-order valence-electron chi connectivity index (χ2n) is 6.68. The van der Waals surface area contributed by atoms with Crippen molar-refractivity contribution in [3.05, 3.63) is 70.7 Å². The summed E-state index contributed by atoms with van der Waals surface area (Å²) in [6.07, 6.45) is 0. The molecule has 0 saturated carbocycles. The lowest BCUT2D eigenvalue weighted by atomic mass is 10.0. The summed E-state index contributed by atoms with van der Waals surface area (Å²) in [4.78, 5) is 12.0. The Hall–Kier alpha value is -3.00. The van der Waals surface area contributed by atoms with Crippen LogP contribution in [-0.2, 0) is 11.4 Å². The van der Waals surface area contributed by atoms with Crippen molar-refractivity contribution >= 4 is 23.5 Å². The number of fused-ring (bicyclic) bond motifs is 1. The molecule has 8 heteroatoms. The van der Waals surface area contributed by atoms with Crippen LogP contribution >= 0.6 is 11.8 Å². The number of aromatic nitrogens is 2. The molecular formula is C21H20FN3O3S. The van der Waals surface area contributed by atoms with E-state index in [1.54, 1.807) is 19.2 Å². The van der Waals surface area contributed by atoms with Crippen molar-refractivity contribution in [3.63, 3.8) is 0 Å². The van der Waals surface area contributed by atoms with Crippen LogP contribution in [0.5, 0.6) is 11.5 Å². The molecule has 0 spiro atoms. The number of hydrogen-bond donors (Lipinski definition) is 2. The van der Waals surface area contributed by atoms with E-state index in [1.165, 1.54) is 23.9 Å². The van der Waals surface area contributed by atoms with Gasteiger partial charge in [0.2, 0.25) is 5.91 Å². The Kier molecular flexibility index (Phi) is 5.44. The standard InChI is InChI=1S/C21H20FN3O3S/c1-12-19-20(29-11-18(26)23-21(19)25-24-12)14-5-8-16(17(9-14)27-2)28-10-13-3-6-15(22)7-4-13/h3-9,20H,10-11H2,1-2H3,(H2,23,24,25,26)/t20-/m0/s1. The van der Waals surface area contributed by atoms with E-state index in [0.29, 0.717) is 29.7 Å². The maximum Gasteiger partial charge on any atom is 0.235 e. The molecule has 2 N–H and O–H groups in total. The first-order chi connectivity index (χ1) is 14.0. The molecule has 0 saturated heterocycles. The maximum absolute atomic E-state index is 13.1. The molecule has 4 rings (SSSR count). The number of carbonyl (C=O) groups is 1. The molecule has 2 heterocycles. The van der Waals surface area contributed by atoms with Gasteiger partial charge in [0.15, 0.2) is 17.3 Å². The average Bonchev–Trinajstić information content (AvgIpc) is 2.98. The molecule has 0 unspecified atom stereocenters. The number of anilines is 1. The van der Waals surface area contributed by atoms with Gasteiger partial charge in [0.25, 0.3) is 0 Å². The third kappa shape index (κ3) is 4.07. The van der Waals surface area contributed by atoms with E-state index < -0.39 is 0 Å². The number of nitrogens with one attached hydrogen (secondary N) is 2. The number of halogens is 1. The van der Waals surface area contributed by atoms with E-state index in [2.05, 4.69) is 15.5 Å². The number of amides is 1. The number of carbonyl (C=O) groups excluding carboxylic acids is 1. The molecule has 0 fully saturated rings. The van der Waals surface area contributed by atoms with Crippen molar-refractivity contribution in [2.75, 3.05) is 18.2 Å². The lowest BCUT2D eigenvalue weighted by molar-refractivity contribution is -0.113. The second kappa shape index (κ2) is 8.16. The molecule has 1 aliphatic rings. The Morgan fingerprint density at radius 3 is 2.76 bits per heavy atom. The number of benzene rings is 2. The molecule has 29 heavy (non-hydrogen) atoms. The fourth-order valence-electron chi connectivity index (χ4n) is 3.24. The maximum atomic E-state index is 13.1. The Morgan fingerprint density at radius 2 is 2.00 bits per heavy atom. The fourth-order valence-corrected chi connectivity index (χ4v) is 4.42. The van der Waals surface area contributed by atoms with Crippen molar-refractivity contribution in [3.8, 4) is 11.5 Å². The molecule has 150 valence electrons. The van der Waals surface area contributed by atoms with Crippen molar-refractivity contribution in [2.45, 2.75) is 18.8 Å². The van der Waals surface area contributed by atoms with Crippen molar-refractivity contribution in [1.29, 1.82) is 0 Å². The number of rotatable bonds is 5. The van der Waals surface area contributed by atoms with Gasteiger partial charge in [0.05, 0.1) is 18.1 Å². The summed E-state index contributed by atoms with van der Waals surface area (Å²) in [5.74, 6) is 1.74. The second-order valence-corrected chi connectivity index (χ2v) is 7.77. The third-order valence-corrected chi connectivity index (χ3v) is 5.96. The molecule has 2 aromatic carbocycles. The number of aryl methyl sites for hydroxylation is 1. The van der Waals surface area contributed by atoms with Gasteiger partial charge >= 0.3 is 0 Å². The lowest BCUT2D eigenvalue weighted by Gasteiger charge is -2.18. The summed E-state index contributed by atoms with van der Waals surface area (Å²) in [6.45, 7) is 2.24. The molecule has 0 bridgehead atoms. The zero-order valence-electron chi connectivity index (χ0n) is 16.0. The van der Waals surface area contributed by atoms with Crippen molar-refractivity contribution in [2.24, 2.45) is 0 Å². The smallest absolute Gasteiger partial charge is 0.235 e. The highest BCUT2D eigenvalue weighted by Crippen LogP contribution is 2.44. The molecule has 1 aromatic heterocycles. The average molecular weight is 413 g/mol. The first kappa shape index (κ1) is 19.3. The van der Waals surface area contributed by atoms with Crippen LogP contribution in [0.2, 0.25) is 0 Å². The van der Waals surface area contributed by atoms with Gasteiger partial charge < -0.3 is 14.8 Å². The number of H-pyrrole nitrogens is 1. The van der Waals surface area contributed by atoms with E-state index >= 15 is 0 Å². The highest BCUT2D eigenvalue weighted by Gasteiger charge is 2.28. The Morgan fingerprint density at radius 1 is 1.21 bits per heavy atom. The van der Waals surface area contributed by atoms with Crippen LogP contribution in [0.4, 0.5) is 10.2 Å². The molecule has 0 radical (unpaired) electrons. The molecule has 3 aromatic rings. The van der Waals surface area contributed by atoms with Gasteiger partial charge in [-0.1, -0.05) is 18.2 Å². The predicted molar refractivity (Wildman–Crippen MR) is 110 cm³/mol. The Balaban J connectivity index is 1.60. The summed E-state index contributed by atoms with van der Waals surface area (Å²) >= 11 is 1.54. The number of ether oxygens (including phenoxy) is 2. The topological polar surface area (TPSA) is 76.2 Å². The van der Waals surface area contributed by atoms with Crippen LogP contribution in [-0.4, -0.2) is 29.0 Å². The van der Waals surface area contributed by atoms with Crippen LogP contribution in [0.3, 0.4) is 0 Å². The molecule has 0 aliphatic carbocycles. The van der Waals surface area contributed by atoms with Gasteiger partial charge in [-0.05, 0) is 42.3 Å². The monoisotopic (exact) mass is 413 g/mol. The SMILES string of the molecule is COc1cc([C@@H]2SCC(=O)Nc3n[nH]c(C)c32)ccc1OCc1ccc(F)cc1. The highest BCUT2D eigenvalue weighted by molar-refractivity contribution is 8.00. The number of methoxy groups -OCH3 is 1. The number of thioether (sulfide) groups is 1. The van der Waals surface area contributed by atoms with Gasteiger partial charge in [-0.3, -0.25) is 9.89 Å². The summed E-state index contributed by atoms with van der Waals surface area (Å²) < 4.78 is 24.5. The zero-order valence-corrected chi connectivity index (χ0v) is 16.8. The number of aromatic amines is 1. The van der Waals surface area contributed by atoms with Crippen LogP contribution < -0.4 is 14.8 Å². The van der Waals surface area contributed by atoms with Crippen LogP contribution in [0.25, 0.3) is 0 Å². The fraction of sp³-hybridized carbons (Fsp3) is 0.238. The summed E-state index contributed by atoms with van der Waals surface area (Å²) in [5.41, 5.74) is 3.72. The van der Waals surface area contributed by atoms with E-state index in [1.807, 2.05) is 25.1 Å². The minimum atomic E-state index is -0.279. The van der Waals surface area contributed by atoms with E-state index in [9.17, 15) is 9.18 Å². The van der Waals surface area contributed by atoms with Gasteiger partial charge in [0, 0.05) is 11.3 Å². The minimum absolute atomic E-state index is 0.0669.